The molecule has 0 saturated carbocycles. The van der Waals surface area contributed by atoms with Crippen LogP contribution in [0.25, 0.3) is 0 Å². The van der Waals surface area contributed by atoms with Crippen molar-refractivity contribution in [2.75, 3.05) is 10.8 Å². The molecular weight excluding hydrogens is 300 g/mol. The van der Waals surface area contributed by atoms with E-state index in [0.29, 0.717) is 11.4 Å². The molecule has 0 radical (unpaired) electrons. The van der Waals surface area contributed by atoms with Crippen molar-refractivity contribution in [2.24, 2.45) is 0 Å². The summed E-state index contributed by atoms with van der Waals surface area (Å²) < 4.78 is 33.0. The van der Waals surface area contributed by atoms with Gasteiger partial charge in [-0.1, -0.05) is 24.3 Å². The van der Waals surface area contributed by atoms with Gasteiger partial charge in [-0.15, -0.1) is 0 Å². The molecule has 1 unspecified atom stereocenters. The molecule has 0 amide bonds. The number of fused-ring (bicyclic) bond motifs is 1. The van der Waals surface area contributed by atoms with Crippen molar-refractivity contribution < 1.29 is 13.2 Å². The summed E-state index contributed by atoms with van der Waals surface area (Å²) in [6.45, 7) is 2.02. The van der Waals surface area contributed by atoms with Gasteiger partial charge in [0.15, 0.2) is 0 Å². The Balaban J connectivity index is 2.16. The zero-order chi connectivity index (χ0) is 15.7. The molecule has 22 heavy (non-hydrogen) atoms. The molecule has 6 heteroatoms. The van der Waals surface area contributed by atoms with Crippen LogP contribution in [0.2, 0.25) is 0 Å². The standard InChI is InChI=1S/C16H14N2O3S/c1-12-11-18(14-7-3-4-8-15(14)21-12)22(19,20)16-9-5-2-6-13(16)10-17/h2-9,12H,11H2,1H3. The van der Waals surface area contributed by atoms with Gasteiger partial charge in [0.2, 0.25) is 0 Å². The second-order valence-corrected chi connectivity index (χ2v) is 6.87. The molecule has 2 aromatic carbocycles. The van der Waals surface area contributed by atoms with Crippen molar-refractivity contribution in [3.8, 4) is 11.8 Å². The lowest BCUT2D eigenvalue weighted by Crippen LogP contribution is -2.42. The summed E-state index contributed by atoms with van der Waals surface area (Å²) in [5, 5.41) is 9.17. The van der Waals surface area contributed by atoms with Gasteiger partial charge in [0, 0.05) is 0 Å². The first-order chi connectivity index (χ1) is 10.5. The van der Waals surface area contributed by atoms with Gasteiger partial charge >= 0.3 is 0 Å². The third-order valence-corrected chi connectivity index (χ3v) is 5.30. The number of anilines is 1. The van der Waals surface area contributed by atoms with Crippen LogP contribution in [0.4, 0.5) is 5.69 Å². The molecule has 0 aliphatic carbocycles. The van der Waals surface area contributed by atoms with E-state index >= 15 is 0 Å². The summed E-state index contributed by atoms with van der Waals surface area (Å²) in [6.07, 6.45) is -0.265. The van der Waals surface area contributed by atoms with Crippen molar-refractivity contribution in [2.45, 2.75) is 17.9 Å². The molecule has 0 N–H and O–H groups in total. The van der Waals surface area contributed by atoms with Crippen LogP contribution >= 0.6 is 0 Å². The minimum absolute atomic E-state index is 0.0152. The highest BCUT2D eigenvalue weighted by molar-refractivity contribution is 7.93. The van der Waals surface area contributed by atoms with Crippen molar-refractivity contribution in [3.05, 3.63) is 54.1 Å². The maximum absolute atomic E-state index is 13.0. The van der Waals surface area contributed by atoms with E-state index < -0.39 is 10.0 Å². The minimum atomic E-state index is -3.82. The molecule has 1 atom stereocenters. The molecule has 1 heterocycles. The van der Waals surface area contributed by atoms with Gasteiger partial charge in [-0.25, -0.2) is 8.42 Å². The van der Waals surface area contributed by atoms with Crippen molar-refractivity contribution in [1.82, 2.24) is 0 Å². The van der Waals surface area contributed by atoms with E-state index in [1.165, 1.54) is 16.4 Å². The zero-order valence-electron chi connectivity index (χ0n) is 11.9. The summed E-state index contributed by atoms with van der Waals surface area (Å²) >= 11 is 0. The van der Waals surface area contributed by atoms with E-state index in [1.807, 2.05) is 13.0 Å². The quantitative estimate of drug-likeness (QED) is 0.854. The van der Waals surface area contributed by atoms with Crippen LogP contribution in [0.3, 0.4) is 0 Å². The summed E-state index contributed by atoms with van der Waals surface area (Å²) in [5.74, 6) is 0.527. The molecule has 0 aromatic heterocycles. The van der Waals surface area contributed by atoms with E-state index in [-0.39, 0.29) is 23.1 Å². The Morgan fingerprint density at radius 3 is 2.64 bits per heavy atom. The summed E-state index contributed by atoms with van der Waals surface area (Å²) in [6, 6.07) is 15.2. The van der Waals surface area contributed by atoms with E-state index in [1.54, 1.807) is 36.4 Å². The molecule has 0 saturated heterocycles. The second-order valence-electron chi connectivity index (χ2n) is 5.04. The van der Waals surface area contributed by atoms with Crippen LogP contribution in [-0.4, -0.2) is 21.1 Å². The third kappa shape index (κ3) is 2.30. The Labute approximate surface area is 129 Å². The number of rotatable bonds is 2. The Morgan fingerprint density at radius 1 is 1.18 bits per heavy atom. The molecule has 0 spiro atoms. The number of hydrogen-bond donors (Lipinski definition) is 0. The number of sulfonamides is 1. The molecule has 0 bridgehead atoms. The summed E-state index contributed by atoms with van der Waals surface area (Å²) in [4.78, 5) is 0.0152. The largest absolute Gasteiger partial charge is 0.487 e. The number of para-hydroxylation sites is 2. The van der Waals surface area contributed by atoms with Gasteiger partial charge in [-0.05, 0) is 31.2 Å². The average molecular weight is 314 g/mol. The minimum Gasteiger partial charge on any atom is -0.487 e. The fraction of sp³-hybridized carbons (Fsp3) is 0.188. The Kier molecular flexibility index (Phi) is 3.51. The molecular formula is C16H14N2O3S. The first-order valence-electron chi connectivity index (χ1n) is 6.81. The van der Waals surface area contributed by atoms with E-state index in [4.69, 9.17) is 10.00 Å². The van der Waals surface area contributed by atoms with Gasteiger partial charge in [-0.2, -0.15) is 5.26 Å². The highest BCUT2D eigenvalue weighted by Crippen LogP contribution is 2.37. The maximum Gasteiger partial charge on any atom is 0.265 e. The third-order valence-electron chi connectivity index (χ3n) is 3.46. The molecule has 2 aromatic rings. The van der Waals surface area contributed by atoms with E-state index in [0.717, 1.165) is 0 Å². The van der Waals surface area contributed by atoms with Crippen LogP contribution in [0.15, 0.2) is 53.4 Å². The molecule has 1 aliphatic heterocycles. The Morgan fingerprint density at radius 2 is 1.86 bits per heavy atom. The monoisotopic (exact) mass is 314 g/mol. The fourth-order valence-corrected chi connectivity index (χ4v) is 4.17. The van der Waals surface area contributed by atoms with Crippen LogP contribution in [-0.2, 0) is 10.0 Å². The lowest BCUT2D eigenvalue weighted by molar-refractivity contribution is 0.219. The number of hydrogen-bond acceptors (Lipinski definition) is 4. The molecule has 112 valence electrons. The maximum atomic E-state index is 13.0. The average Bonchev–Trinajstić information content (AvgIpc) is 2.53. The Hall–Kier alpha value is -2.52. The number of benzene rings is 2. The molecule has 1 aliphatic rings. The highest BCUT2D eigenvalue weighted by atomic mass is 32.2. The lowest BCUT2D eigenvalue weighted by Gasteiger charge is -2.34. The topological polar surface area (TPSA) is 70.4 Å². The normalized spacial score (nSPS) is 17.3. The zero-order valence-corrected chi connectivity index (χ0v) is 12.7. The van der Waals surface area contributed by atoms with Gasteiger partial charge in [-0.3, -0.25) is 4.31 Å². The first-order valence-corrected chi connectivity index (χ1v) is 8.25. The van der Waals surface area contributed by atoms with Crippen LogP contribution < -0.4 is 9.04 Å². The predicted octanol–water partition coefficient (Wildman–Crippen LogP) is 2.53. The molecule has 3 rings (SSSR count). The number of ether oxygens (including phenoxy) is 1. The Bertz CT molecular complexity index is 856. The van der Waals surface area contributed by atoms with E-state index in [2.05, 4.69) is 0 Å². The SMILES string of the molecule is CC1CN(S(=O)(=O)c2ccccc2C#N)c2ccccc2O1. The van der Waals surface area contributed by atoms with E-state index in [9.17, 15) is 8.42 Å². The summed E-state index contributed by atoms with van der Waals surface area (Å²) in [7, 11) is -3.82. The molecule has 5 nitrogen and oxygen atoms in total. The second kappa shape index (κ2) is 5.35. The van der Waals surface area contributed by atoms with Gasteiger partial charge < -0.3 is 4.74 Å². The van der Waals surface area contributed by atoms with Crippen LogP contribution in [0.1, 0.15) is 12.5 Å². The lowest BCUT2D eigenvalue weighted by atomic mass is 10.2. The van der Waals surface area contributed by atoms with Crippen molar-refractivity contribution in [3.63, 3.8) is 0 Å². The van der Waals surface area contributed by atoms with Crippen molar-refractivity contribution >= 4 is 15.7 Å². The summed E-state index contributed by atoms with van der Waals surface area (Å²) in [5.41, 5.74) is 0.632. The molecule has 0 fully saturated rings. The predicted molar refractivity (Wildman–Crippen MR) is 82.2 cm³/mol. The first kappa shape index (κ1) is 14.4. The smallest absolute Gasteiger partial charge is 0.265 e. The van der Waals surface area contributed by atoms with Gasteiger partial charge in [0.25, 0.3) is 10.0 Å². The van der Waals surface area contributed by atoms with Crippen LogP contribution in [0, 0.1) is 11.3 Å². The van der Waals surface area contributed by atoms with Crippen LogP contribution in [0.5, 0.6) is 5.75 Å². The van der Waals surface area contributed by atoms with Gasteiger partial charge in [0.05, 0.1) is 17.8 Å². The van der Waals surface area contributed by atoms with Gasteiger partial charge in [0.1, 0.15) is 22.8 Å². The number of nitriles is 1. The number of nitrogens with zero attached hydrogens (tertiary/aromatic N) is 2. The highest BCUT2D eigenvalue weighted by Gasteiger charge is 2.33. The van der Waals surface area contributed by atoms with Crippen molar-refractivity contribution in [1.29, 1.82) is 5.26 Å². The fourth-order valence-electron chi connectivity index (χ4n) is 2.48.